The highest BCUT2D eigenvalue weighted by atomic mass is 16.5. The summed E-state index contributed by atoms with van der Waals surface area (Å²) in [7, 11) is 0. The van der Waals surface area contributed by atoms with Crippen molar-refractivity contribution in [2.24, 2.45) is 23.2 Å². The van der Waals surface area contributed by atoms with Crippen molar-refractivity contribution in [2.75, 3.05) is 13.2 Å². The molecule has 0 aromatic heterocycles. The van der Waals surface area contributed by atoms with E-state index in [9.17, 15) is 15.3 Å². The Morgan fingerprint density at radius 1 is 1.20 bits per heavy atom. The smallest absolute Gasteiger partial charge is 0.114 e. The lowest BCUT2D eigenvalue weighted by atomic mass is 9.60. The molecule has 35 heavy (non-hydrogen) atoms. The van der Waals surface area contributed by atoms with Crippen LogP contribution >= 0.6 is 0 Å². The van der Waals surface area contributed by atoms with Gasteiger partial charge < -0.3 is 25.2 Å². The van der Waals surface area contributed by atoms with Gasteiger partial charge in [0.2, 0.25) is 0 Å². The van der Waals surface area contributed by atoms with Crippen LogP contribution in [0, 0.1) is 23.2 Å². The monoisotopic (exact) mass is 490 g/mol. The van der Waals surface area contributed by atoms with Crippen LogP contribution in [0.5, 0.6) is 0 Å². The van der Waals surface area contributed by atoms with Gasteiger partial charge in [-0.2, -0.15) is 0 Å². The highest BCUT2D eigenvalue weighted by Gasteiger charge is 2.50. The molecule has 3 aliphatic carbocycles. The molecule has 0 aromatic rings. The minimum atomic E-state index is -0.931. The Morgan fingerprint density at radius 2 is 1.94 bits per heavy atom. The van der Waals surface area contributed by atoms with Crippen LogP contribution in [0.4, 0.5) is 0 Å². The molecule has 0 heterocycles. The van der Waals surface area contributed by atoms with E-state index in [1.165, 1.54) is 37.7 Å². The summed E-state index contributed by atoms with van der Waals surface area (Å²) in [5.74, 6) is 1.98. The van der Waals surface area contributed by atoms with Crippen LogP contribution in [0.1, 0.15) is 91.9 Å². The minimum Gasteiger partial charge on any atom is -0.396 e. The molecule has 5 heteroatoms. The van der Waals surface area contributed by atoms with Crippen LogP contribution in [0.2, 0.25) is 0 Å². The summed E-state index contributed by atoms with van der Waals surface area (Å²) >= 11 is 0. The number of fused-ring (bicyclic) bond motifs is 1. The van der Waals surface area contributed by atoms with E-state index in [1.54, 1.807) is 0 Å². The van der Waals surface area contributed by atoms with Gasteiger partial charge in [0.05, 0.1) is 11.7 Å². The van der Waals surface area contributed by atoms with Crippen LogP contribution in [-0.2, 0) is 4.74 Å². The van der Waals surface area contributed by atoms with E-state index < -0.39 is 23.9 Å². The number of aliphatic hydroxyl groups excluding tert-OH is 3. The van der Waals surface area contributed by atoms with Gasteiger partial charge in [-0.15, -0.1) is 0 Å². The summed E-state index contributed by atoms with van der Waals surface area (Å²) in [6.45, 7) is 13.2. The van der Waals surface area contributed by atoms with Gasteiger partial charge in [0, 0.05) is 19.6 Å². The molecule has 0 aromatic carbocycles. The fourth-order valence-electron chi connectivity index (χ4n) is 7.21. The summed E-state index contributed by atoms with van der Waals surface area (Å²) in [6.07, 6.45) is 12.1. The normalized spacial score (nSPS) is 37.1. The third kappa shape index (κ3) is 6.87. The van der Waals surface area contributed by atoms with Crippen LogP contribution in [0.3, 0.4) is 0 Å². The first-order valence-electron chi connectivity index (χ1n) is 13.9. The van der Waals surface area contributed by atoms with Crippen molar-refractivity contribution in [3.05, 3.63) is 35.5 Å². The van der Waals surface area contributed by atoms with Crippen molar-refractivity contribution in [1.29, 1.82) is 0 Å². The molecule has 200 valence electrons. The summed E-state index contributed by atoms with van der Waals surface area (Å²) in [5.41, 5.74) is 2.79. The standard InChI is InChI=1S/C30H50O5/c1-20(9-6-15-29(3,4)34)24-13-14-25-22(10-7-16-30(24,25)5)11-12-23-19-26(32)28(27(33)21(23)2)35-18-8-17-31/h11-12,20,24-28,31-34H,2,6-10,13-19H2,1,3-5H3/t20-,24-,25+,26+,27+,28+,30-/m1/s1. The first-order valence-corrected chi connectivity index (χ1v) is 13.9. The largest absolute Gasteiger partial charge is 0.396 e. The van der Waals surface area contributed by atoms with Crippen LogP contribution in [0.15, 0.2) is 35.5 Å². The molecular weight excluding hydrogens is 440 g/mol. The fraction of sp³-hybridized carbons (Fsp3) is 0.800. The molecule has 4 N–H and O–H groups in total. The quantitative estimate of drug-likeness (QED) is 0.321. The second kappa shape index (κ2) is 12.0. The van der Waals surface area contributed by atoms with Gasteiger partial charge >= 0.3 is 0 Å². The van der Waals surface area contributed by atoms with E-state index in [0.717, 1.165) is 30.8 Å². The lowest BCUT2D eigenvalue weighted by Gasteiger charge is -2.44. The van der Waals surface area contributed by atoms with Crippen molar-refractivity contribution in [3.63, 3.8) is 0 Å². The van der Waals surface area contributed by atoms with Gasteiger partial charge in [0.15, 0.2) is 0 Å². The zero-order valence-corrected chi connectivity index (χ0v) is 22.5. The minimum absolute atomic E-state index is 0.0269. The molecular formula is C30H50O5. The average Bonchev–Trinajstić information content (AvgIpc) is 3.14. The summed E-state index contributed by atoms with van der Waals surface area (Å²) < 4.78 is 5.63. The molecule has 5 nitrogen and oxygen atoms in total. The van der Waals surface area contributed by atoms with Crippen LogP contribution in [-0.4, -0.2) is 57.6 Å². The predicted molar refractivity (Wildman–Crippen MR) is 141 cm³/mol. The van der Waals surface area contributed by atoms with Gasteiger partial charge in [-0.1, -0.05) is 51.0 Å². The molecule has 0 radical (unpaired) electrons. The van der Waals surface area contributed by atoms with E-state index >= 15 is 0 Å². The zero-order chi connectivity index (χ0) is 25.8. The lowest BCUT2D eigenvalue weighted by molar-refractivity contribution is -0.0968. The van der Waals surface area contributed by atoms with Gasteiger partial charge in [0.1, 0.15) is 12.2 Å². The van der Waals surface area contributed by atoms with E-state index in [1.807, 2.05) is 13.8 Å². The molecule has 0 bridgehead atoms. The van der Waals surface area contributed by atoms with Gasteiger partial charge in [0.25, 0.3) is 0 Å². The summed E-state index contributed by atoms with van der Waals surface area (Å²) in [5, 5.41) is 40.4. The summed E-state index contributed by atoms with van der Waals surface area (Å²) in [4.78, 5) is 0. The zero-order valence-electron chi connectivity index (χ0n) is 22.5. The van der Waals surface area contributed by atoms with Crippen LogP contribution in [0.25, 0.3) is 0 Å². The Labute approximate surface area is 213 Å². The number of aliphatic hydroxyl groups is 4. The number of rotatable bonds is 10. The Balaban J connectivity index is 1.67. The van der Waals surface area contributed by atoms with Gasteiger partial charge in [-0.25, -0.2) is 0 Å². The molecule has 0 amide bonds. The predicted octanol–water partition coefficient (Wildman–Crippen LogP) is 5.08. The third-order valence-electron chi connectivity index (χ3n) is 9.17. The maximum Gasteiger partial charge on any atom is 0.114 e. The SMILES string of the molecule is C=C1C(=CC=C2CCC[C@]3(C)[C@@H]([C@H](C)CCCC(C)(C)O)CC[C@@H]23)C[C@H](O)[C@H](OCCCO)[C@H]1O. The Hall–Kier alpha value is -0.980. The summed E-state index contributed by atoms with van der Waals surface area (Å²) in [6, 6.07) is 0. The molecule has 3 rings (SSSR count). The molecule has 7 atom stereocenters. The molecule has 3 fully saturated rings. The number of hydrogen-bond acceptors (Lipinski definition) is 5. The molecule has 3 aliphatic rings. The molecule has 0 unspecified atom stereocenters. The molecule has 0 aliphatic heterocycles. The number of ether oxygens (including phenoxy) is 1. The van der Waals surface area contributed by atoms with Crippen molar-refractivity contribution in [2.45, 2.75) is 116 Å². The van der Waals surface area contributed by atoms with E-state index in [4.69, 9.17) is 9.84 Å². The first kappa shape index (κ1) is 28.6. The highest BCUT2D eigenvalue weighted by molar-refractivity contribution is 5.40. The number of hydrogen-bond donors (Lipinski definition) is 4. The maximum absolute atomic E-state index is 10.7. The Bertz CT molecular complexity index is 778. The van der Waals surface area contributed by atoms with Gasteiger partial charge in [-0.3, -0.25) is 0 Å². The van der Waals surface area contributed by atoms with Crippen LogP contribution < -0.4 is 0 Å². The lowest BCUT2D eigenvalue weighted by Crippen LogP contribution is -2.45. The molecule has 3 saturated carbocycles. The average molecular weight is 491 g/mol. The molecule has 0 spiro atoms. The fourth-order valence-corrected chi connectivity index (χ4v) is 7.21. The van der Waals surface area contributed by atoms with E-state index in [2.05, 4.69) is 32.6 Å². The van der Waals surface area contributed by atoms with Crippen molar-refractivity contribution in [3.8, 4) is 0 Å². The van der Waals surface area contributed by atoms with Crippen molar-refractivity contribution < 1.29 is 25.2 Å². The van der Waals surface area contributed by atoms with Crippen molar-refractivity contribution >= 4 is 0 Å². The second-order valence-electron chi connectivity index (χ2n) is 12.4. The maximum atomic E-state index is 10.7. The second-order valence-corrected chi connectivity index (χ2v) is 12.4. The third-order valence-corrected chi connectivity index (χ3v) is 9.17. The van der Waals surface area contributed by atoms with Crippen molar-refractivity contribution in [1.82, 2.24) is 0 Å². The van der Waals surface area contributed by atoms with Gasteiger partial charge in [-0.05, 0) is 93.1 Å². The number of allylic oxidation sites excluding steroid dienone is 3. The Kier molecular flexibility index (Phi) is 9.84. The van der Waals surface area contributed by atoms with E-state index in [0.29, 0.717) is 42.3 Å². The Morgan fingerprint density at radius 3 is 2.63 bits per heavy atom. The topological polar surface area (TPSA) is 90.2 Å². The molecule has 0 saturated heterocycles. The highest BCUT2D eigenvalue weighted by Crippen LogP contribution is 2.60. The first-order chi connectivity index (χ1) is 16.5. The van der Waals surface area contributed by atoms with E-state index in [-0.39, 0.29) is 6.61 Å².